The van der Waals surface area contributed by atoms with E-state index in [9.17, 15) is 14.4 Å². The number of rotatable bonds is 8. The second-order valence-corrected chi connectivity index (χ2v) is 10.5. The summed E-state index contributed by atoms with van der Waals surface area (Å²) in [5.41, 5.74) is -0.170. The van der Waals surface area contributed by atoms with Gasteiger partial charge in [-0.3, -0.25) is 4.79 Å². The Morgan fingerprint density at radius 1 is 1.00 bits per heavy atom. The summed E-state index contributed by atoms with van der Waals surface area (Å²) in [6.45, 7) is 12.0. The maximum absolute atomic E-state index is 13.6. The second-order valence-electron chi connectivity index (χ2n) is 10.5. The van der Waals surface area contributed by atoms with Gasteiger partial charge in [0.2, 0.25) is 5.91 Å². The Bertz CT molecular complexity index is 1010. The van der Waals surface area contributed by atoms with Gasteiger partial charge in [-0.2, -0.15) is 0 Å². The van der Waals surface area contributed by atoms with E-state index < -0.39 is 29.4 Å². The molecule has 3 rings (SSSR count). The molecule has 0 bridgehead atoms. The highest BCUT2D eigenvalue weighted by atomic mass is 16.6. The molecule has 7 nitrogen and oxygen atoms in total. The van der Waals surface area contributed by atoms with Gasteiger partial charge in [-0.15, -0.1) is 0 Å². The zero-order chi connectivity index (χ0) is 26.5. The van der Waals surface area contributed by atoms with Crippen LogP contribution in [-0.2, 0) is 19.9 Å². The Kier molecular flexibility index (Phi) is 8.43. The van der Waals surface area contributed by atoms with Crippen molar-refractivity contribution in [1.82, 2.24) is 9.80 Å². The van der Waals surface area contributed by atoms with Crippen molar-refractivity contribution in [1.29, 1.82) is 0 Å². The van der Waals surface area contributed by atoms with Crippen LogP contribution >= 0.6 is 0 Å². The van der Waals surface area contributed by atoms with E-state index in [1.54, 1.807) is 20.8 Å². The predicted octanol–water partition coefficient (Wildman–Crippen LogP) is 5.97. The maximum Gasteiger partial charge on any atom is 0.418 e. The molecule has 2 aromatic carbocycles. The third kappa shape index (κ3) is 5.72. The van der Waals surface area contributed by atoms with Gasteiger partial charge in [0.1, 0.15) is 5.60 Å². The average Bonchev–Trinajstić information content (AvgIpc) is 3.16. The molecular weight excluding hydrogens is 456 g/mol. The molecule has 0 spiro atoms. The summed E-state index contributed by atoms with van der Waals surface area (Å²) in [7, 11) is 0. The van der Waals surface area contributed by atoms with Crippen LogP contribution in [0, 0.1) is 5.92 Å². The molecule has 0 saturated carbocycles. The fourth-order valence-corrected chi connectivity index (χ4v) is 4.81. The van der Waals surface area contributed by atoms with Gasteiger partial charge in [-0.1, -0.05) is 81.4 Å². The zero-order valence-corrected chi connectivity index (χ0v) is 22.2. The van der Waals surface area contributed by atoms with Crippen molar-refractivity contribution in [3.8, 4) is 0 Å². The summed E-state index contributed by atoms with van der Waals surface area (Å²) < 4.78 is 11.7. The quantitative estimate of drug-likeness (QED) is 0.452. The lowest BCUT2D eigenvalue weighted by Gasteiger charge is -2.37. The van der Waals surface area contributed by atoms with E-state index in [1.807, 2.05) is 81.4 Å². The van der Waals surface area contributed by atoms with Crippen LogP contribution in [0.1, 0.15) is 65.5 Å². The molecule has 0 aliphatic carbocycles. The number of hydrogen-bond acceptors (Lipinski definition) is 5. The lowest BCUT2D eigenvalue weighted by atomic mass is 9.75. The van der Waals surface area contributed by atoms with E-state index in [2.05, 4.69) is 0 Å². The number of imide groups is 1. The van der Waals surface area contributed by atoms with Crippen molar-refractivity contribution < 1.29 is 23.9 Å². The van der Waals surface area contributed by atoms with E-state index >= 15 is 0 Å². The van der Waals surface area contributed by atoms with Crippen LogP contribution < -0.4 is 0 Å². The van der Waals surface area contributed by atoms with Crippen LogP contribution in [0.4, 0.5) is 9.59 Å². The molecule has 1 saturated heterocycles. The fourth-order valence-electron chi connectivity index (χ4n) is 4.81. The molecule has 1 fully saturated rings. The molecule has 194 valence electrons. The minimum Gasteiger partial charge on any atom is -0.444 e. The van der Waals surface area contributed by atoms with Crippen LogP contribution in [-0.4, -0.2) is 52.6 Å². The molecule has 0 N–H and O–H groups in total. The Hall–Kier alpha value is -3.35. The van der Waals surface area contributed by atoms with Crippen LogP contribution in [0.2, 0.25) is 0 Å². The van der Waals surface area contributed by atoms with Gasteiger partial charge in [0.05, 0.1) is 6.04 Å². The van der Waals surface area contributed by atoms with E-state index in [-0.39, 0.29) is 24.8 Å². The SMILES string of the molecule is CCCN(CCC(=O)N1C(=O)OC(c2ccccc2)(c2ccccc2)C1C(C)C)C(=O)OC(C)(C)C. The fraction of sp³-hybridized carbons (Fsp3) is 0.483. The third-order valence-electron chi connectivity index (χ3n) is 6.19. The first-order chi connectivity index (χ1) is 17.0. The summed E-state index contributed by atoms with van der Waals surface area (Å²) >= 11 is 0. The molecule has 3 amide bonds. The monoisotopic (exact) mass is 494 g/mol. The van der Waals surface area contributed by atoms with Crippen molar-refractivity contribution in [3.63, 3.8) is 0 Å². The molecule has 36 heavy (non-hydrogen) atoms. The van der Waals surface area contributed by atoms with Crippen molar-refractivity contribution in [2.24, 2.45) is 5.92 Å². The Morgan fingerprint density at radius 3 is 1.97 bits per heavy atom. The van der Waals surface area contributed by atoms with Crippen molar-refractivity contribution in [3.05, 3.63) is 71.8 Å². The third-order valence-corrected chi connectivity index (χ3v) is 6.19. The lowest BCUT2D eigenvalue weighted by molar-refractivity contribution is -0.130. The minimum absolute atomic E-state index is 0.0166. The second kappa shape index (κ2) is 11.1. The largest absolute Gasteiger partial charge is 0.444 e. The predicted molar refractivity (Wildman–Crippen MR) is 138 cm³/mol. The van der Waals surface area contributed by atoms with E-state index in [1.165, 1.54) is 9.80 Å². The smallest absolute Gasteiger partial charge is 0.418 e. The molecule has 1 unspecified atom stereocenters. The summed E-state index contributed by atoms with van der Waals surface area (Å²) in [6, 6.07) is 18.6. The number of carbonyl (C=O) groups excluding carboxylic acids is 3. The first kappa shape index (κ1) is 27.2. The normalized spacial score (nSPS) is 17.1. The standard InChI is InChI=1S/C29H38N2O5/c1-7-19-30(26(33)35-28(4,5)6)20-18-24(32)31-25(21(2)3)29(36-27(31)34,22-14-10-8-11-15-22)23-16-12-9-13-17-23/h8-17,21,25H,7,18-20H2,1-6H3. The minimum atomic E-state index is -1.14. The zero-order valence-electron chi connectivity index (χ0n) is 22.2. The van der Waals surface area contributed by atoms with Crippen LogP contribution in [0.5, 0.6) is 0 Å². The molecule has 1 atom stereocenters. The Morgan fingerprint density at radius 2 is 1.53 bits per heavy atom. The van der Waals surface area contributed by atoms with Gasteiger partial charge >= 0.3 is 12.2 Å². The van der Waals surface area contributed by atoms with Crippen LogP contribution in [0.25, 0.3) is 0 Å². The number of ether oxygens (including phenoxy) is 2. The number of benzene rings is 2. The summed E-state index contributed by atoms with van der Waals surface area (Å²) in [4.78, 5) is 42.4. The van der Waals surface area contributed by atoms with E-state index in [4.69, 9.17) is 9.47 Å². The molecule has 1 heterocycles. The van der Waals surface area contributed by atoms with Crippen molar-refractivity contribution in [2.75, 3.05) is 13.1 Å². The number of hydrogen-bond donors (Lipinski definition) is 0. The molecule has 1 aliphatic rings. The highest BCUT2D eigenvalue weighted by Gasteiger charge is 2.59. The number of amides is 3. The van der Waals surface area contributed by atoms with Gasteiger partial charge < -0.3 is 14.4 Å². The van der Waals surface area contributed by atoms with Gasteiger partial charge in [0.15, 0.2) is 5.60 Å². The lowest BCUT2D eigenvalue weighted by Crippen LogP contribution is -2.50. The number of nitrogens with zero attached hydrogens (tertiary/aromatic N) is 2. The highest BCUT2D eigenvalue weighted by molar-refractivity contribution is 5.95. The molecule has 2 aromatic rings. The first-order valence-corrected chi connectivity index (χ1v) is 12.6. The topological polar surface area (TPSA) is 76.2 Å². The van der Waals surface area contributed by atoms with Gasteiger partial charge in [0, 0.05) is 30.6 Å². The van der Waals surface area contributed by atoms with Gasteiger partial charge in [-0.05, 0) is 33.1 Å². The van der Waals surface area contributed by atoms with E-state index in [0.717, 1.165) is 17.5 Å². The van der Waals surface area contributed by atoms with Gasteiger partial charge in [-0.25, -0.2) is 14.5 Å². The summed E-state index contributed by atoms with van der Waals surface area (Å²) in [6.07, 6.45) is -0.439. The highest BCUT2D eigenvalue weighted by Crippen LogP contribution is 2.47. The molecule has 7 heteroatoms. The van der Waals surface area contributed by atoms with Crippen LogP contribution in [0.15, 0.2) is 60.7 Å². The number of cyclic esters (lactones) is 1. The first-order valence-electron chi connectivity index (χ1n) is 12.6. The van der Waals surface area contributed by atoms with Crippen molar-refractivity contribution in [2.45, 2.75) is 71.6 Å². The average molecular weight is 495 g/mol. The molecule has 0 aromatic heterocycles. The molecule has 0 radical (unpaired) electrons. The molecular formula is C29H38N2O5. The van der Waals surface area contributed by atoms with E-state index in [0.29, 0.717) is 6.54 Å². The van der Waals surface area contributed by atoms with Gasteiger partial charge in [0.25, 0.3) is 0 Å². The Labute approximate surface area is 214 Å². The van der Waals surface area contributed by atoms with Crippen LogP contribution in [0.3, 0.4) is 0 Å². The van der Waals surface area contributed by atoms with Crippen molar-refractivity contribution >= 4 is 18.1 Å². The number of carbonyl (C=O) groups is 3. The molecule has 1 aliphatic heterocycles. The summed E-state index contributed by atoms with van der Waals surface area (Å²) in [5.74, 6) is -0.476. The summed E-state index contributed by atoms with van der Waals surface area (Å²) in [5, 5.41) is 0. The maximum atomic E-state index is 13.6. The Balaban J connectivity index is 1.94.